The molecule has 0 amide bonds. The highest BCUT2D eigenvalue weighted by Crippen LogP contribution is 2.24. The maximum Gasteiger partial charge on any atom is 0.417 e. The lowest BCUT2D eigenvalue weighted by Crippen LogP contribution is -1.92. The number of H-pyrrole nitrogens is 1. The second-order valence-electron chi connectivity index (χ2n) is 3.72. The molecule has 90 valence electrons. The van der Waals surface area contributed by atoms with Gasteiger partial charge in [0.05, 0.1) is 17.6 Å². The molecule has 0 fully saturated rings. The standard InChI is InChI=1S/C12H8N2O3S/c15-4-3-11-13-9(6-18-11)7-1-2-8-10(5-7)17-12(16)14-8/h1-2,4-6H,3H2,(H,14,16). The third-order valence-corrected chi connectivity index (χ3v) is 3.40. The van der Waals surface area contributed by atoms with Crippen molar-refractivity contribution >= 4 is 28.7 Å². The van der Waals surface area contributed by atoms with Gasteiger partial charge in [0.15, 0.2) is 5.58 Å². The SMILES string of the molecule is O=CCc1nc(-c2ccc3[nH]c(=O)oc3c2)cs1. The first-order valence-corrected chi connectivity index (χ1v) is 6.15. The average molecular weight is 260 g/mol. The molecule has 0 aliphatic heterocycles. The van der Waals surface area contributed by atoms with Crippen molar-refractivity contribution in [3.8, 4) is 11.3 Å². The number of carbonyl (C=O) groups excluding carboxylic acids is 1. The number of rotatable bonds is 3. The molecule has 1 aromatic carbocycles. The summed E-state index contributed by atoms with van der Waals surface area (Å²) in [5, 5.41) is 2.65. The first-order chi connectivity index (χ1) is 8.76. The lowest BCUT2D eigenvalue weighted by atomic mass is 10.1. The number of fused-ring (bicyclic) bond motifs is 1. The van der Waals surface area contributed by atoms with Gasteiger partial charge < -0.3 is 9.21 Å². The fraction of sp³-hybridized carbons (Fsp3) is 0.0833. The van der Waals surface area contributed by atoms with Crippen LogP contribution < -0.4 is 5.76 Å². The Morgan fingerprint density at radius 1 is 1.44 bits per heavy atom. The van der Waals surface area contributed by atoms with E-state index in [1.807, 2.05) is 11.4 Å². The van der Waals surface area contributed by atoms with E-state index in [-0.39, 0.29) is 0 Å². The number of thiazole rings is 1. The van der Waals surface area contributed by atoms with Crippen LogP contribution in [0.25, 0.3) is 22.4 Å². The van der Waals surface area contributed by atoms with E-state index in [0.29, 0.717) is 17.5 Å². The van der Waals surface area contributed by atoms with Crippen LogP contribution in [0.2, 0.25) is 0 Å². The maximum atomic E-state index is 11.1. The molecule has 1 N–H and O–H groups in total. The van der Waals surface area contributed by atoms with Gasteiger partial charge in [0.25, 0.3) is 0 Å². The van der Waals surface area contributed by atoms with Crippen LogP contribution in [0.15, 0.2) is 32.8 Å². The Kier molecular flexibility index (Phi) is 2.56. The Morgan fingerprint density at radius 2 is 2.33 bits per heavy atom. The fourth-order valence-corrected chi connectivity index (χ4v) is 2.47. The summed E-state index contributed by atoms with van der Waals surface area (Å²) in [6.07, 6.45) is 1.16. The fourth-order valence-electron chi connectivity index (χ4n) is 1.71. The van der Waals surface area contributed by atoms with E-state index in [4.69, 9.17) is 4.42 Å². The van der Waals surface area contributed by atoms with Crippen LogP contribution in [0.4, 0.5) is 0 Å². The topological polar surface area (TPSA) is 76.0 Å². The van der Waals surface area contributed by atoms with Crippen molar-refractivity contribution in [2.75, 3.05) is 0 Å². The lowest BCUT2D eigenvalue weighted by Gasteiger charge is -1.95. The highest BCUT2D eigenvalue weighted by Gasteiger charge is 2.07. The second kappa shape index (κ2) is 4.23. The highest BCUT2D eigenvalue weighted by molar-refractivity contribution is 7.10. The van der Waals surface area contributed by atoms with Crippen LogP contribution in [-0.2, 0) is 11.2 Å². The monoisotopic (exact) mass is 260 g/mol. The zero-order valence-electron chi connectivity index (χ0n) is 9.17. The molecule has 3 rings (SSSR count). The van der Waals surface area contributed by atoms with Gasteiger partial charge in [0.1, 0.15) is 11.3 Å². The molecule has 3 aromatic rings. The summed E-state index contributed by atoms with van der Waals surface area (Å²) in [6.45, 7) is 0. The molecule has 0 bridgehead atoms. The number of nitrogens with zero attached hydrogens (tertiary/aromatic N) is 1. The molecule has 0 radical (unpaired) electrons. The highest BCUT2D eigenvalue weighted by atomic mass is 32.1. The maximum absolute atomic E-state index is 11.1. The quantitative estimate of drug-likeness (QED) is 0.730. The third kappa shape index (κ3) is 1.86. The van der Waals surface area contributed by atoms with E-state index >= 15 is 0 Å². The van der Waals surface area contributed by atoms with Gasteiger partial charge in [-0.2, -0.15) is 0 Å². The summed E-state index contributed by atoms with van der Waals surface area (Å²) in [4.78, 5) is 28.4. The number of carbonyl (C=O) groups is 1. The molecule has 0 aliphatic carbocycles. The van der Waals surface area contributed by atoms with E-state index in [9.17, 15) is 9.59 Å². The normalized spacial score (nSPS) is 10.9. The van der Waals surface area contributed by atoms with Crippen molar-refractivity contribution in [2.45, 2.75) is 6.42 Å². The van der Waals surface area contributed by atoms with Crippen molar-refractivity contribution < 1.29 is 9.21 Å². The summed E-state index contributed by atoms with van der Waals surface area (Å²) < 4.78 is 4.99. The molecular weight excluding hydrogens is 252 g/mol. The van der Waals surface area contributed by atoms with Crippen LogP contribution in [-0.4, -0.2) is 16.3 Å². The minimum absolute atomic E-state index is 0.326. The lowest BCUT2D eigenvalue weighted by molar-refractivity contribution is -0.107. The van der Waals surface area contributed by atoms with Crippen LogP contribution in [0.5, 0.6) is 0 Å². The van der Waals surface area contributed by atoms with Crippen LogP contribution in [0.3, 0.4) is 0 Å². The predicted octanol–water partition coefficient (Wildman–Crippen LogP) is 1.99. The molecule has 2 heterocycles. The molecule has 0 aliphatic rings. The van der Waals surface area contributed by atoms with Crippen molar-refractivity contribution in [1.82, 2.24) is 9.97 Å². The number of benzene rings is 1. The summed E-state index contributed by atoms with van der Waals surface area (Å²) in [5.74, 6) is -0.470. The summed E-state index contributed by atoms with van der Waals surface area (Å²) in [7, 11) is 0. The minimum Gasteiger partial charge on any atom is -0.408 e. The van der Waals surface area contributed by atoms with Gasteiger partial charge in [-0.1, -0.05) is 6.07 Å². The van der Waals surface area contributed by atoms with Gasteiger partial charge in [-0.25, -0.2) is 9.78 Å². The molecule has 0 spiro atoms. The zero-order valence-corrected chi connectivity index (χ0v) is 9.99. The first kappa shape index (κ1) is 10.9. The van der Waals surface area contributed by atoms with Gasteiger partial charge in [0.2, 0.25) is 0 Å². The molecule has 2 aromatic heterocycles. The van der Waals surface area contributed by atoms with E-state index in [1.165, 1.54) is 11.3 Å². The van der Waals surface area contributed by atoms with Crippen LogP contribution in [0.1, 0.15) is 5.01 Å². The molecule has 18 heavy (non-hydrogen) atoms. The van der Waals surface area contributed by atoms with Gasteiger partial charge in [-0.05, 0) is 12.1 Å². The summed E-state index contributed by atoms with van der Waals surface area (Å²) >= 11 is 1.44. The van der Waals surface area contributed by atoms with Crippen molar-refractivity contribution in [3.05, 3.63) is 39.1 Å². The number of hydrogen-bond acceptors (Lipinski definition) is 5. The zero-order chi connectivity index (χ0) is 12.5. The molecule has 0 unspecified atom stereocenters. The number of nitrogens with one attached hydrogen (secondary N) is 1. The number of hydrogen-bond donors (Lipinski definition) is 1. The Balaban J connectivity index is 2.06. The van der Waals surface area contributed by atoms with Crippen molar-refractivity contribution in [3.63, 3.8) is 0 Å². The van der Waals surface area contributed by atoms with Crippen molar-refractivity contribution in [2.24, 2.45) is 0 Å². The number of aldehydes is 1. The Hall–Kier alpha value is -2.21. The Bertz CT molecular complexity index is 769. The van der Waals surface area contributed by atoms with Gasteiger partial charge in [-0.3, -0.25) is 4.98 Å². The van der Waals surface area contributed by atoms with Gasteiger partial charge >= 0.3 is 5.76 Å². The van der Waals surface area contributed by atoms with E-state index < -0.39 is 5.76 Å². The molecule has 0 saturated heterocycles. The van der Waals surface area contributed by atoms with Crippen LogP contribution in [0, 0.1) is 0 Å². The molecular formula is C12H8N2O3S. The molecule has 6 heteroatoms. The Morgan fingerprint density at radius 3 is 3.17 bits per heavy atom. The van der Waals surface area contributed by atoms with Gasteiger partial charge in [0, 0.05) is 10.9 Å². The smallest absolute Gasteiger partial charge is 0.408 e. The number of aromatic amines is 1. The Labute approximate surface area is 105 Å². The second-order valence-corrected chi connectivity index (χ2v) is 4.67. The van der Waals surface area contributed by atoms with Gasteiger partial charge in [-0.15, -0.1) is 11.3 Å². The summed E-state index contributed by atoms with van der Waals surface area (Å²) in [5.41, 5.74) is 2.80. The molecule has 0 atom stereocenters. The first-order valence-electron chi connectivity index (χ1n) is 5.27. The number of oxazole rings is 1. The minimum atomic E-state index is -0.470. The van der Waals surface area contributed by atoms with Crippen molar-refractivity contribution in [1.29, 1.82) is 0 Å². The predicted molar refractivity (Wildman–Crippen MR) is 67.7 cm³/mol. The van der Waals surface area contributed by atoms with E-state index in [2.05, 4.69) is 9.97 Å². The number of aromatic nitrogens is 2. The van der Waals surface area contributed by atoms with E-state index in [0.717, 1.165) is 22.6 Å². The molecule has 5 nitrogen and oxygen atoms in total. The summed E-state index contributed by atoms with van der Waals surface area (Å²) in [6, 6.07) is 5.38. The largest absolute Gasteiger partial charge is 0.417 e. The van der Waals surface area contributed by atoms with Crippen LogP contribution >= 0.6 is 11.3 Å². The average Bonchev–Trinajstić information content (AvgIpc) is 2.93. The third-order valence-electron chi connectivity index (χ3n) is 2.53. The van der Waals surface area contributed by atoms with E-state index in [1.54, 1.807) is 12.1 Å². The molecule has 0 saturated carbocycles.